The van der Waals surface area contributed by atoms with E-state index in [0.717, 1.165) is 6.42 Å². The van der Waals surface area contributed by atoms with Crippen LogP contribution in [0, 0.1) is 17.7 Å². The fraction of sp³-hybridized carbons (Fsp3) is 0.391. The predicted octanol–water partition coefficient (Wildman–Crippen LogP) is 3.64. The van der Waals surface area contributed by atoms with Gasteiger partial charge in [-0.15, -0.1) is 0 Å². The van der Waals surface area contributed by atoms with E-state index in [9.17, 15) is 14.0 Å². The molecule has 30 heavy (non-hydrogen) atoms. The summed E-state index contributed by atoms with van der Waals surface area (Å²) >= 11 is 0. The summed E-state index contributed by atoms with van der Waals surface area (Å²) in [6, 6.07) is 11.2. The van der Waals surface area contributed by atoms with Crippen LogP contribution in [0.4, 0.5) is 15.8 Å². The Morgan fingerprint density at radius 2 is 2.00 bits per heavy atom. The van der Waals surface area contributed by atoms with Gasteiger partial charge >= 0.3 is 0 Å². The second-order valence-corrected chi connectivity index (χ2v) is 8.43. The molecule has 2 heterocycles. The predicted molar refractivity (Wildman–Crippen MR) is 113 cm³/mol. The van der Waals surface area contributed by atoms with E-state index >= 15 is 0 Å². The van der Waals surface area contributed by atoms with Gasteiger partial charge in [0.25, 0.3) is 0 Å². The molecule has 0 aromatic heterocycles. The van der Waals surface area contributed by atoms with E-state index in [4.69, 9.17) is 4.74 Å². The van der Waals surface area contributed by atoms with Crippen LogP contribution in [0.5, 0.6) is 5.75 Å². The zero-order valence-electron chi connectivity index (χ0n) is 17.3. The van der Waals surface area contributed by atoms with Crippen molar-refractivity contribution in [2.24, 2.45) is 11.8 Å². The molecule has 1 saturated heterocycles. The van der Waals surface area contributed by atoms with Gasteiger partial charge in [-0.05, 0) is 61.2 Å². The Kier molecular flexibility index (Phi) is 5.24. The van der Waals surface area contributed by atoms with Gasteiger partial charge in [0, 0.05) is 23.0 Å². The number of ether oxygens (including phenoxy) is 1. The standard InChI is InChI=1S/C23H26FN3O3/c1-13(2)10-16-12-19(21(28)25-15-5-7-17(30-3)8-6-15)23(27-16)18-11-14(24)4-9-20(18)26-22(23)29/h4-9,11,13,16,19,27H,10,12H2,1-3H3,(H,25,28)(H,26,29)/t16-,19-,23-/m0/s1. The number of fused-ring (bicyclic) bond motifs is 2. The van der Waals surface area contributed by atoms with Crippen LogP contribution < -0.4 is 20.7 Å². The average Bonchev–Trinajstić information content (AvgIpc) is 3.21. The molecule has 2 aliphatic heterocycles. The lowest BCUT2D eigenvalue weighted by molar-refractivity contribution is -0.130. The minimum atomic E-state index is -1.28. The van der Waals surface area contributed by atoms with Gasteiger partial charge in [0.2, 0.25) is 11.8 Å². The summed E-state index contributed by atoms with van der Waals surface area (Å²) in [6.07, 6.45) is 1.30. The first-order valence-electron chi connectivity index (χ1n) is 10.2. The molecule has 2 amide bonds. The Hall–Kier alpha value is -2.93. The molecule has 2 aromatic carbocycles. The highest BCUT2D eigenvalue weighted by Gasteiger charge is 2.60. The third-order valence-corrected chi connectivity index (χ3v) is 5.92. The SMILES string of the molecule is COc1ccc(NC(=O)[C@@H]2C[C@H](CC(C)C)N[C@]23C(=O)Nc2ccc(F)cc23)cc1. The first-order chi connectivity index (χ1) is 14.3. The molecular weight excluding hydrogens is 385 g/mol. The topological polar surface area (TPSA) is 79.5 Å². The molecule has 158 valence electrons. The van der Waals surface area contributed by atoms with Gasteiger partial charge in [0.15, 0.2) is 0 Å². The Morgan fingerprint density at radius 3 is 2.67 bits per heavy atom. The van der Waals surface area contributed by atoms with Gasteiger partial charge < -0.3 is 15.4 Å². The summed E-state index contributed by atoms with van der Waals surface area (Å²) < 4.78 is 19.3. The Morgan fingerprint density at radius 1 is 1.27 bits per heavy atom. The highest BCUT2D eigenvalue weighted by Crippen LogP contribution is 2.48. The zero-order chi connectivity index (χ0) is 21.5. The first kappa shape index (κ1) is 20.3. The largest absolute Gasteiger partial charge is 0.497 e. The van der Waals surface area contributed by atoms with Gasteiger partial charge in [-0.1, -0.05) is 13.8 Å². The molecule has 0 radical (unpaired) electrons. The summed E-state index contributed by atoms with van der Waals surface area (Å²) in [5, 5.41) is 9.15. The summed E-state index contributed by atoms with van der Waals surface area (Å²) in [7, 11) is 1.58. The van der Waals surface area contributed by atoms with Crippen molar-refractivity contribution in [3.8, 4) is 5.75 Å². The van der Waals surface area contributed by atoms with Crippen molar-refractivity contribution in [3.05, 3.63) is 53.8 Å². The quantitative estimate of drug-likeness (QED) is 0.702. The summed E-state index contributed by atoms with van der Waals surface area (Å²) in [5.41, 5.74) is 0.365. The molecule has 0 aliphatic carbocycles. The minimum absolute atomic E-state index is 0.0309. The fourth-order valence-electron chi connectivity index (χ4n) is 4.66. The van der Waals surface area contributed by atoms with E-state index < -0.39 is 17.3 Å². The van der Waals surface area contributed by atoms with Gasteiger partial charge in [-0.25, -0.2) is 4.39 Å². The van der Waals surface area contributed by atoms with Crippen molar-refractivity contribution in [3.63, 3.8) is 0 Å². The molecule has 2 aliphatic rings. The number of anilines is 2. The van der Waals surface area contributed by atoms with Crippen molar-refractivity contribution in [2.45, 2.75) is 38.3 Å². The smallest absolute Gasteiger partial charge is 0.250 e. The normalized spacial score (nSPS) is 24.8. The number of hydrogen-bond acceptors (Lipinski definition) is 4. The average molecular weight is 411 g/mol. The van der Waals surface area contributed by atoms with Crippen molar-refractivity contribution in [1.82, 2.24) is 5.32 Å². The monoisotopic (exact) mass is 411 g/mol. The van der Waals surface area contributed by atoms with Crippen LogP contribution in [0.2, 0.25) is 0 Å². The fourth-order valence-corrected chi connectivity index (χ4v) is 4.66. The van der Waals surface area contributed by atoms with Crippen molar-refractivity contribution >= 4 is 23.2 Å². The first-order valence-corrected chi connectivity index (χ1v) is 10.2. The van der Waals surface area contributed by atoms with Crippen LogP contribution >= 0.6 is 0 Å². The molecule has 3 atom stereocenters. The number of carbonyl (C=O) groups excluding carboxylic acids is 2. The molecule has 6 nitrogen and oxygen atoms in total. The number of carbonyl (C=O) groups is 2. The lowest BCUT2D eigenvalue weighted by atomic mass is 9.79. The van der Waals surface area contributed by atoms with Crippen LogP contribution in [-0.4, -0.2) is 25.0 Å². The van der Waals surface area contributed by atoms with Crippen LogP contribution in [0.25, 0.3) is 0 Å². The highest BCUT2D eigenvalue weighted by molar-refractivity contribution is 6.10. The Bertz CT molecular complexity index is 976. The second kappa shape index (κ2) is 7.72. The second-order valence-electron chi connectivity index (χ2n) is 8.43. The summed E-state index contributed by atoms with van der Waals surface area (Å²) in [5.74, 6) is -0.627. The van der Waals surface area contributed by atoms with E-state index in [2.05, 4.69) is 29.8 Å². The molecule has 7 heteroatoms. The molecule has 4 rings (SSSR count). The molecule has 0 saturated carbocycles. The number of benzene rings is 2. The van der Waals surface area contributed by atoms with Crippen LogP contribution in [0.15, 0.2) is 42.5 Å². The third kappa shape index (κ3) is 3.43. The van der Waals surface area contributed by atoms with E-state index in [1.54, 1.807) is 37.4 Å². The van der Waals surface area contributed by atoms with Crippen molar-refractivity contribution < 1.29 is 18.7 Å². The number of methoxy groups -OCH3 is 1. The molecule has 1 fully saturated rings. The van der Waals surface area contributed by atoms with Crippen LogP contribution in [0.1, 0.15) is 32.3 Å². The Labute approximate surface area is 175 Å². The molecule has 0 bridgehead atoms. The number of halogens is 1. The number of amides is 2. The summed E-state index contributed by atoms with van der Waals surface area (Å²) in [4.78, 5) is 26.5. The van der Waals surface area contributed by atoms with Gasteiger partial charge in [-0.2, -0.15) is 0 Å². The molecule has 3 N–H and O–H groups in total. The number of rotatable bonds is 5. The van der Waals surface area contributed by atoms with Crippen LogP contribution in [0.3, 0.4) is 0 Å². The molecule has 1 spiro atoms. The maximum Gasteiger partial charge on any atom is 0.250 e. The van der Waals surface area contributed by atoms with E-state index in [-0.39, 0.29) is 17.9 Å². The summed E-state index contributed by atoms with van der Waals surface area (Å²) in [6.45, 7) is 4.20. The van der Waals surface area contributed by atoms with E-state index in [0.29, 0.717) is 35.0 Å². The lowest BCUT2D eigenvalue weighted by Gasteiger charge is -2.29. The Balaban J connectivity index is 1.69. The van der Waals surface area contributed by atoms with Crippen molar-refractivity contribution in [1.29, 1.82) is 0 Å². The number of hydrogen-bond donors (Lipinski definition) is 3. The molecular formula is C23H26FN3O3. The van der Waals surface area contributed by atoms with Crippen molar-refractivity contribution in [2.75, 3.05) is 17.7 Å². The maximum absolute atomic E-state index is 14.1. The zero-order valence-corrected chi connectivity index (χ0v) is 17.3. The van der Waals surface area contributed by atoms with Gasteiger partial charge in [-0.3, -0.25) is 14.9 Å². The van der Waals surface area contributed by atoms with Crippen LogP contribution in [-0.2, 0) is 15.1 Å². The maximum atomic E-state index is 14.1. The lowest BCUT2D eigenvalue weighted by Crippen LogP contribution is -2.52. The third-order valence-electron chi connectivity index (χ3n) is 5.92. The molecule has 2 aromatic rings. The highest BCUT2D eigenvalue weighted by atomic mass is 19.1. The molecule has 0 unspecified atom stereocenters. The van der Waals surface area contributed by atoms with Gasteiger partial charge in [0.1, 0.15) is 17.1 Å². The van der Waals surface area contributed by atoms with E-state index in [1.165, 1.54) is 12.1 Å². The number of nitrogens with one attached hydrogen (secondary N) is 3. The van der Waals surface area contributed by atoms with E-state index in [1.807, 2.05) is 0 Å². The van der Waals surface area contributed by atoms with Gasteiger partial charge in [0.05, 0.1) is 13.0 Å². The minimum Gasteiger partial charge on any atom is -0.497 e.